The zero-order valence-corrected chi connectivity index (χ0v) is 15.1. The molecule has 6 nitrogen and oxygen atoms in total. The van der Waals surface area contributed by atoms with Crippen LogP contribution in [0, 0.1) is 11.8 Å². The molecule has 1 amide bonds. The van der Waals surface area contributed by atoms with Crippen molar-refractivity contribution in [1.29, 1.82) is 0 Å². The summed E-state index contributed by atoms with van der Waals surface area (Å²) in [6.45, 7) is -0.159. The van der Waals surface area contributed by atoms with Crippen molar-refractivity contribution in [3.63, 3.8) is 0 Å². The number of carboxylic acids is 1. The van der Waals surface area contributed by atoms with E-state index in [4.69, 9.17) is 9.84 Å². The number of carbonyl (C=O) groups is 3. The largest absolute Gasteiger partial charge is 0.480 e. The average Bonchev–Trinajstić information content (AvgIpc) is 2.65. The molecule has 1 heterocycles. The molecule has 0 saturated carbocycles. The fourth-order valence-electron chi connectivity index (χ4n) is 2.81. The second kappa shape index (κ2) is 10.9. The first-order valence-corrected chi connectivity index (χ1v) is 8.86. The smallest absolute Gasteiger partial charge is 0.329 e. The number of hydrogen-bond donors (Lipinski definition) is 1. The first kappa shape index (κ1) is 20.4. The zero-order chi connectivity index (χ0) is 19.5. The van der Waals surface area contributed by atoms with Crippen LogP contribution >= 0.6 is 0 Å². The maximum absolute atomic E-state index is 12.2. The number of ether oxygens (including phenoxy) is 1. The maximum Gasteiger partial charge on any atom is 0.329 e. The number of rotatable bonds is 8. The van der Waals surface area contributed by atoms with Crippen LogP contribution in [0.5, 0.6) is 0 Å². The number of nitrogens with zero attached hydrogens (tertiary/aromatic N) is 1. The maximum atomic E-state index is 12.2. The van der Waals surface area contributed by atoms with Crippen LogP contribution in [0.2, 0.25) is 0 Å². The molecule has 0 radical (unpaired) electrons. The molecule has 0 spiro atoms. The van der Waals surface area contributed by atoms with Crippen molar-refractivity contribution in [1.82, 2.24) is 4.90 Å². The quantitative estimate of drug-likeness (QED) is 0.429. The van der Waals surface area contributed by atoms with E-state index >= 15 is 0 Å². The monoisotopic (exact) mass is 369 g/mol. The summed E-state index contributed by atoms with van der Waals surface area (Å²) in [4.78, 5) is 36.3. The summed E-state index contributed by atoms with van der Waals surface area (Å²) in [5, 5.41) is 8.48. The molecule has 6 heteroatoms. The summed E-state index contributed by atoms with van der Waals surface area (Å²) in [5.74, 6) is 4.49. The average molecular weight is 369 g/mol. The van der Waals surface area contributed by atoms with Gasteiger partial charge in [-0.25, -0.2) is 4.79 Å². The number of benzene rings is 1. The highest BCUT2D eigenvalue weighted by Gasteiger charge is 2.25. The van der Waals surface area contributed by atoms with Crippen molar-refractivity contribution in [3.8, 4) is 11.8 Å². The SMILES string of the molecule is O=C(O)COCC#CCN1C(=O)CCC[C@@H]1/C=C/C(=O)Cc1ccccc1. The van der Waals surface area contributed by atoms with Gasteiger partial charge in [0.1, 0.15) is 13.2 Å². The van der Waals surface area contributed by atoms with E-state index in [0.29, 0.717) is 12.8 Å². The Hall–Kier alpha value is -2.91. The van der Waals surface area contributed by atoms with Gasteiger partial charge in [0.25, 0.3) is 0 Å². The third-order valence-corrected chi connectivity index (χ3v) is 4.11. The summed E-state index contributed by atoms with van der Waals surface area (Å²) in [6.07, 6.45) is 5.71. The summed E-state index contributed by atoms with van der Waals surface area (Å²) in [6, 6.07) is 9.36. The molecule has 0 unspecified atom stereocenters. The van der Waals surface area contributed by atoms with Crippen LogP contribution in [0.25, 0.3) is 0 Å². The molecule has 0 aliphatic carbocycles. The van der Waals surface area contributed by atoms with Crippen LogP contribution in [0.3, 0.4) is 0 Å². The lowest BCUT2D eigenvalue weighted by molar-refractivity contribution is -0.141. The normalized spacial score (nSPS) is 16.8. The van der Waals surface area contributed by atoms with Crippen LogP contribution in [-0.2, 0) is 25.5 Å². The Bertz CT molecular complexity index is 745. The molecule has 1 aliphatic rings. The molecule has 2 rings (SSSR count). The number of aliphatic carboxylic acids is 1. The number of carboxylic acid groups (broad SMARTS) is 1. The second-order valence-electron chi connectivity index (χ2n) is 6.21. The lowest BCUT2D eigenvalue weighted by Crippen LogP contribution is -2.42. The molecule has 1 N–H and O–H groups in total. The minimum absolute atomic E-state index is 0.00436. The Morgan fingerprint density at radius 2 is 2.04 bits per heavy atom. The van der Waals surface area contributed by atoms with Gasteiger partial charge in [-0.1, -0.05) is 48.2 Å². The highest BCUT2D eigenvalue weighted by Crippen LogP contribution is 2.19. The minimum atomic E-state index is -1.05. The molecule has 1 aliphatic heterocycles. The van der Waals surface area contributed by atoms with Gasteiger partial charge in [-0.15, -0.1) is 0 Å². The summed E-state index contributed by atoms with van der Waals surface area (Å²) < 4.78 is 4.84. The fraction of sp³-hybridized carbons (Fsp3) is 0.381. The number of likely N-dealkylation sites (tertiary alicyclic amines) is 1. The van der Waals surface area contributed by atoms with Gasteiger partial charge in [0, 0.05) is 12.8 Å². The molecule has 0 bridgehead atoms. The lowest BCUT2D eigenvalue weighted by Gasteiger charge is -2.32. The van der Waals surface area contributed by atoms with E-state index in [0.717, 1.165) is 18.4 Å². The van der Waals surface area contributed by atoms with Gasteiger partial charge in [0.15, 0.2) is 5.78 Å². The van der Waals surface area contributed by atoms with Crippen LogP contribution in [-0.4, -0.2) is 53.5 Å². The van der Waals surface area contributed by atoms with Gasteiger partial charge in [0.2, 0.25) is 5.91 Å². The molecule has 1 saturated heterocycles. The van der Waals surface area contributed by atoms with Gasteiger partial charge < -0.3 is 14.7 Å². The van der Waals surface area contributed by atoms with E-state index in [2.05, 4.69) is 11.8 Å². The molecule has 0 aromatic heterocycles. The molecule has 27 heavy (non-hydrogen) atoms. The third kappa shape index (κ3) is 7.47. The van der Waals surface area contributed by atoms with Gasteiger partial charge >= 0.3 is 5.97 Å². The molecule has 1 fully saturated rings. The van der Waals surface area contributed by atoms with Crippen molar-refractivity contribution in [2.45, 2.75) is 31.7 Å². The van der Waals surface area contributed by atoms with E-state index in [1.807, 2.05) is 30.3 Å². The Labute approximate surface area is 158 Å². The molecule has 1 aromatic rings. The van der Waals surface area contributed by atoms with Gasteiger partial charge in [-0.3, -0.25) is 9.59 Å². The van der Waals surface area contributed by atoms with Crippen LogP contribution < -0.4 is 0 Å². The molecule has 142 valence electrons. The number of piperidine rings is 1. The molecule has 1 aromatic carbocycles. The highest BCUT2D eigenvalue weighted by atomic mass is 16.5. The summed E-state index contributed by atoms with van der Waals surface area (Å²) in [7, 11) is 0. The predicted molar refractivity (Wildman–Crippen MR) is 99.9 cm³/mol. The summed E-state index contributed by atoms with van der Waals surface area (Å²) >= 11 is 0. The number of allylic oxidation sites excluding steroid dienone is 1. The number of hydrogen-bond acceptors (Lipinski definition) is 4. The van der Waals surface area contributed by atoms with Crippen LogP contribution in [0.15, 0.2) is 42.5 Å². The van der Waals surface area contributed by atoms with Gasteiger partial charge in [0.05, 0.1) is 12.6 Å². The highest BCUT2D eigenvalue weighted by molar-refractivity contribution is 5.91. The Kier molecular flexibility index (Phi) is 8.27. The van der Waals surface area contributed by atoms with Crippen molar-refractivity contribution in [2.75, 3.05) is 19.8 Å². The van der Waals surface area contributed by atoms with Crippen molar-refractivity contribution >= 4 is 17.7 Å². The van der Waals surface area contributed by atoms with E-state index in [1.165, 1.54) is 0 Å². The van der Waals surface area contributed by atoms with Crippen molar-refractivity contribution in [3.05, 3.63) is 48.0 Å². The van der Waals surface area contributed by atoms with E-state index in [1.54, 1.807) is 17.1 Å². The first-order chi connectivity index (χ1) is 13.1. The second-order valence-corrected chi connectivity index (χ2v) is 6.21. The van der Waals surface area contributed by atoms with E-state index in [9.17, 15) is 14.4 Å². The molecular weight excluding hydrogens is 346 g/mol. The standard InChI is InChI=1S/C21H23NO5/c23-19(15-17-7-2-1-3-8-17)12-11-18-9-6-10-20(24)22(18)13-4-5-14-27-16-21(25)26/h1-3,7-8,11-12,18H,6,9-10,13-16H2,(H,25,26)/b12-11+/t18-/m1/s1. The lowest BCUT2D eigenvalue weighted by atomic mass is 10.00. The van der Waals surface area contributed by atoms with E-state index in [-0.39, 0.29) is 30.9 Å². The van der Waals surface area contributed by atoms with Crippen molar-refractivity contribution in [2.24, 2.45) is 0 Å². The number of carbonyl (C=O) groups excluding carboxylic acids is 2. The Balaban J connectivity index is 1.88. The molecular formula is C21H23NO5. The van der Waals surface area contributed by atoms with Crippen LogP contribution in [0.1, 0.15) is 24.8 Å². The summed E-state index contributed by atoms with van der Waals surface area (Å²) in [5.41, 5.74) is 0.955. The van der Waals surface area contributed by atoms with Crippen molar-refractivity contribution < 1.29 is 24.2 Å². The first-order valence-electron chi connectivity index (χ1n) is 8.86. The van der Waals surface area contributed by atoms with Gasteiger partial charge in [-0.2, -0.15) is 0 Å². The number of ketones is 1. The van der Waals surface area contributed by atoms with Gasteiger partial charge in [-0.05, 0) is 24.5 Å². The third-order valence-electron chi connectivity index (χ3n) is 4.11. The fourth-order valence-corrected chi connectivity index (χ4v) is 2.81. The Morgan fingerprint density at radius 1 is 1.26 bits per heavy atom. The molecule has 1 atom stereocenters. The van der Waals surface area contributed by atoms with E-state index < -0.39 is 12.6 Å². The van der Waals surface area contributed by atoms with Crippen LogP contribution in [0.4, 0.5) is 0 Å². The predicted octanol–water partition coefficient (Wildman–Crippen LogP) is 1.84. The zero-order valence-electron chi connectivity index (χ0n) is 15.1. The minimum Gasteiger partial charge on any atom is -0.480 e. The number of amides is 1. The Morgan fingerprint density at radius 3 is 2.78 bits per heavy atom. The topological polar surface area (TPSA) is 83.9 Å².